The van der Waals surface area contributed by atoms with E-state index in [-0.39, 0.29) is 5.91 Å². The molecule has 1 heterocycles. The van der Waals surface area contributed by atoms with E-state index in [0.29, 0.717) is 5.13 Å². The highest BCUT2D eigenvalue weighted by atomic mass is 32.1. The number of rotatable bonds is 3. The molecule has 6 heteroatoms. The second-order valence-corrected chi connectivity index (χ2v) is 4.30. The SMILES string of the molecule is COc1ccc(-c2nnc(NC(C)=O)s2)cc1. The Labute approximate surface area is 102 Å². The Balaban J connectivity index is 2.21. The van der Waals surface area contributed by atoms with Gasteiger partial charge in [0.25, 0.3) is 0 Å². The molecule has 0 aliphatic heterocycles. The van der Waals surface area contributed by atoms with Crippen LogP contribution < -0.4 is 10.1 Å². The second-order valence-electron chi connectivity index (χ2n) is 3.32. The first-order chi connectivity index (χ1) is 8.19. The number of aromatic nitrogens is 2. The number of hydrogen-bond acceptors (Lipinski definition) is 5. The molecule has 0 aliphatic carbocycles. The van der Waals surface area contributed by atoms with Crippen molar-refractivity contribution >= 4 is 22.4 Å². The van der Waals surface area contributed by atoms with Crippen LogP contribution in [0.3, 0.4) is 0 Å². The maximum absolute atomic E-state index is 10.9. The summed E-state index contributed by atoms with van der Waals surface area (Å²) in [6, 6.07) is 7.51. The molecule has 88 valence electrons. The molecule has 0 spiro atoms. The number of hydrogen-bond donors (Lipinski definition) is 1. The standard InChI is InChI=1S/C11H11N3O2S/c1-7(15)12-11-14-13-10(17-11)8-3-5-9(16-2)6-4-8/h3-6H,1-2H3,(H,12,14,15). The summed E-state index contributed by atoms with van der Waals surface area (Å²) in [6.45, 7) is 1.44. The van der Waals surface area contributed by atoms with Crippen LogP contribution in [0.5, 0.6) is 5.75 Å². The van der Waals surface area contributed by atoms with E-state index in [2.05, 4.69) is 15.5 Å². The van der Waals surface area contributed by atoms with Gasteiger partial charge >= 0.3 is 0 Å². The van der Waals surface area contributed by atoms with Crippen LogP contribution >= 0.6 is 11.3 Å². The zero-order valence-electron chi connectivity index (χ0n) is 9.43. The Bertz CT molecular complexity index is 522. The Hall–Kier alpha value is -1.95. The zero-order valence-corrected chi connectivity index (χ0v) is 10.2. The van der Waals surface area contributed by atoms with Crippen LogP contribution in [0, 0.1) is 0 Å². The molecule has 0 fully saturated rings. The van der Waals surface area contributed by atoms with E-state index >= 15 is 0 Å². The lowest BCUT2D eigenvalue weighted by atomic mass is 10.2. The number of anilines is 1. The van der Waals surface area contributed by atoms with Crippen LogP contribution in [0.4, 0.5) is 5.13 Å². The number of benzene rings is 1. The maximum Gasteiger partial charge on any atom is 0.223 e. The molecule has 1 N–H and O–H groups in total. The summed E-state index contributed by atoms with van der Waals surface area (Å²) in [4.78, 5) is 10.9. The van der Waals surface area contributed by atoms with Crippen LogP contribution in [-0.4, -0.2) is 23.2 Å². The van der Waals surface area contributed by atoms with Gasteiger partial charge in [-0.05, 0) is 24.3 Å². The van der Waals surface area contributed by atoms with E-state index in [4.69, 9.17) is 4.74 Å². The van der Waals surface area contributed by atoms with Gasteiger partial charge in [-0.25, -0.2) is 0 Å². The number of nitrogens with one attached hydrogen (secondary N) is 1. The fourth-order valence-electron chi connectivity index (χ4n) is 1.27. The van der Waals surface area contributed by atoms with Crippen molar-refractivity contribution in [2.75, 3.05) is 12.4 Å². The third kappa shape index (κ3) is 2.79. The average Bonchev–Trinajstić information content (AvgIpc) is 2.77. The van der Waals surface area contributed by atoms with Crippen LogP contribution in [-0.2, 0) is 4.79 Å². The van der Waals surface area contributed by atoms with Crippen molar-refractivity contribution in [3.63, 3.8) is 0 Å². The van der Waals surface area contributed by atoms with Gasteiger partial charge in [0.1, 0.15) is 10.8 Å². The summed E-state index contributed by atoms with van der Waals surface area (Å²) < 4.78 is 5.07. The predicted octanol–water partition coefficient (Wildman–Crippen LogP) is 2.17. The Morgan fingerprint density at radius 2 is 2.00 bits per heavy atom. The van der Waals surface area contributed by atoms with Gasteiger partial charge in [0.2, 0.25) is 11.0 Å². The van der Waals surface area contributed by atoms with E-state index in [0.717, 1.165) is 16.3 Å². The fraction of sp³-hybridized carbons (Fsp3) is 0.182. The quantitative estimate of drug-likeness (QED) is 0.905. The molecule has 0 atom stereocenters. The van der Waals surface area contributed by atoms with Gasteiger partial charge in [0, 0.05) is 12.5 Å². The van der Waals surface area contributed by atoms with E-state index in [1.165, 1.54) is 18.3 Å². The molecule has 2 aromatic rings. The average molecular weight is 249 g/mol. The molecule has 0 aliphatic rings. The van der Waals surface area contributed by atoms with Crippen LogP contribution in [0.1, 0.15) is 6.92 Å². The van der Waals surface area contributed by atoms with Crippen LogP contribution in [0.25, 0.3) is 10.6 Å². The number of carbonyl (C=O) groups excluding carboxylic acids is 1. The third-order valence-corrected chi connectivity index (χ3v) is 2.93. The second kappa shape index (κ2) is 4.92. The Kier molecular flexibility index (Phi) is 3.34. The van der Waals surface area contributed by atoms with Crippen molar-refractivity contribution in [1.29, 1.82) is 0 Å². The highest BCUT2D eigenvalue weighted by molar-refractivity contribution is 7.18. The van der Waals surface area contributed by atoms with E-state index in [1.54, 1.807) is 7.11 Å². The lowest BCUT2D eigenvalue weighted by Gasteiger charge is -1.99. The van der Waals surface area contributed by atoms with Crippen LogP contribution in [0.2, 0.25) is 0 Å². The largest absolute Gasteiger partial charge is 0.497 e. The van der Waals surface area contributed by atoms with E-state index < -0.39 is 0 Å². The number of methoxy groups -OCH3 is 1. The molecule has 1 aromatic heterocycles. The van der Waals surface area contributed by atoms with Crippen LogP contribution in [0.15, 0.2) is 24.3 Å². The molecule has 17 heavy (non-hydrogen) atoms. The molecule has 0 bridgehead atoms. The number of nitrogens with zero attached hydrogens (tertiary/aromatic N) is 2. The molecule has 0 saturated heterocycles. The van der Waals surface area contributed by atoms with Gasteiger partial charge in [-0.1, -0.05) is 11.3 Å². The molecular weight excluding hydrogens is 238 g/mol. The molecule has 0 unspecified atom stereocenters. The lowest BCUT2D eigenvalue weighted by Crippen LogP contribution is -2.04. The minimum Gasteiger partial charge on any atom is -0.497 e. The lowest BCUT2D eigenvalue weighted by molar-refractivity contribution is -0.114. The molecule has 1 amide bonds. The maximum atomic E-state index is 10.9. The van der Waals surface area contributed by atoms with Gasteiger partial charge < -0.3 is 10.1 Å². The first kappa shape index (κ1) is 11.5. The first-order valence-electron chi connectivity index (χ1n) is 4.94. The first-order valence-corrected chi connectivity index (χ1v) is 5.76. The van der Waals surface area contributed by atoms with Gasteiger partial charge in [0.15, 0.2) is 0 Å². The van der Waals surface area contributed by atoms with Crippen molar-refractivity contribution in [1.82, 2.24) is 10.2 Å². The third-order valence-electron chi connectivity index (χ3n) is 2.04. The van der Waals surface area contributed by atoms with Crippen molar-refractivity contribution in [3.05, 3.63) is 24.3 Å². The summed E-state index contributed by atoms with van der Waals surface area (Å²) in [7, 11) is 1.62. The van der Waals surface area contributed by atoms with E-state index in [9.17, 15) is 4.79 Å². The minimum atomic E-state index is -0.151. The molecule has 5 nitrogen and oxygen atoms in total. The summed E-state index contributed by atoms with van der Waals surface area (Å²) in [6.07, 6.45) is 0. The van der Waals surface area contributed by atoms with Crippen molar-refractivity contribution < 1.29 is 9.53 Å². The molecule has 0 saturated carbocycles. The normalized spacial score (nSPS) is 10.0. The Morgan fingerprint density at radius 3 is 2.59 bits per heavy atom. The predicted molar refractivity (Wildman–Crippen MR) is 66.2 cm³/mol. The smallest absolute Gasteiger partial charge is 0.223 e. The summed E-state index contributed by atoms with van der Waals surface area (Å²) in [5, 5.41) is 11.8. The monoisotopic (exact) mass is 249 g/mol. The number of carbonyl (C=O) groups is 1. The summed E-state index contributed by atoms with van der Waals surface area (Å²) in [5.74, 6) is 0.641. The van der Waals surface area contributed by atoms with Crippen molar-refractivity contribution in [2.24, 2.45) is 0 Å². The van der Waals surface area contributed by atoms with Gasteiger partial charge in [-0.3, -0.25) is 4.79 Å². The van der Waals surface area contributed by atoms with E-state index in [1.807, 2.05) is 24.3 Å². The zero-order chi connectivity index (χ0) is 12.3. The van der Waals surface area contributed by atoms with Gasteiger partial charge in [-0.2, -0.15) is 0 Å². The fourth-order valence-corrected chi connectivity index (χ4v) is 2.07. The van der Waals surface area contributed by atoms with Crippen molar-refractivity contribution in [3.8, 4) is 16.3 Å². The van der Waals surface area contributed by atoms with Gasteiger partial charge in [0.05, 0.1) is 7.11 Å². The number of amides is 1. The highest BCUT2D eigenvalue weighted by Crippen LogP contribution is 2.27. The molecule has 2 rings (SSSR count). The summed E-state index contributed by atoms with van der Waals surface area (Å²) >= 11 is 1.33. The summed E-state index contributed by atoms with van der Waals surface area (Å²) in [5.41, 5.74) is 0.944. The van der Waals surface area contributed by atoms with Gasteiger partial charge in [-0.15, -0.1) is 10.2 Å². The molecular formula is C11H11N3O2S. The minimum absolute atomic E-state index is 0.151. The Morgan fingerprint density at radius 1 is 1.29 bits per heavy atom. The molecule has 1 aromatic carbocycles. The topological polar surface area (TPSA) is 64.1 Å². The van der Waals surface area contributed by atoms with Crippen molar-refractivity contribution in [2.45, 2.75) is 6.92 Å². The number of ether oxygens (including phenoxy) is 1. The molecule has 0 radical (unpaired) electrons. The highest BCUT2D eigenvalue weighted by Gasteiger charge is 2.07.